The van der Waals surface area contributed by atoms with E-state index >= 15 is 0 Å². The molecule has 0 saturated carbocycles. The minimum atomic E-state index is -4.92. The first-order valence-corrected chi connectivity index (χ1v) is 21.1. The van der Waals surface area contributed by atoms with Crippen molar-refractivity contribution < 1.29 is 22.0 Å². The Bertz CT molecular complexity index is 573. The summed E-state index contributed by atoms with van der Waals surface area (Å²) in [5.41, 5.74) is 0. The van der Waals surface area contributed by atoms with E-state index in [0.717, 1.165) is 0 Å². The fourth-order valence-corrected chi connectivity index (χ4v) is 6.61. The van der Waals surface area contributed by atoms with Crippen molar-refractivity contribution in [3.63, 3.8) is 0 Å². The molecular weight excluding hydrogens is 566 g/mol. The van der Waals surface area contributed by atoms with Crippen LogP contribution in [0.2, 0.25) is 0 Å². The van der Waals surface area contributed by atoms with Crippen LogP contribution in [0.3, 0.4) is 0 Å². The first-order valence-electron chi connectivity index (χ1n) is 19.8. The van der Waals surface area contributed by atoms with Crippen LogP contribution in [0.25, 0.3) is 0 Å². The highest BCUT2D eigenvalue weighted by molar-refractivity contribution is 7.79. The molecule has 0 radical (unpaired) electrons. The molecule has 44 heavy (non-hydrogen) atoms. The second-order valence-electron chi connectivity index (χ2n) is 13.8. The second-order valence-corrected chi connectivity index (χ2v) is 14.7. The van der Waals surface area contributed by atoms with Crippen LogP contribution in [0.4, 0.5) is 0 Å². The summed E-state index contributed by atoms with van der Waals surface area (Å²) in [5, 5.41) is 0. The number of nitrogens with zero attached hydrogens (tertiary/aromatic N) is 1. The summed E-state index contributed by atoms with van der Waals surface area (Å²) in [6, 6.07) is 0. The Kier molecular flexibility index (Phi) is 37.3. The van der Waals surface area contributed by atoms with Gasteiger partial charge in [0.05, 0.1) is 26.2 Å². The summed E-state index contributed by atoms with van der Waals surface area (Å²) < 4.78 is 34.3. The van der Waals surface area contributed by atoms with E-state index in [-0.39, 0.29) is 0 Å². The van der Waals surface area contributed by atoms with Gasteiger partial charge < -0.3 is 9.04 Å². The zero-order valence-corrected chi connectivity index (χ0v) is 31.4. The minimum absolute atomic E-state index is 1.37. The molecule has 5 nitrogen and oxygen atoms in total. The molecule has 0 heterocycles. The average molecular weight is 648 g/mol. The van der Waals surface area contributed by atoms with Crippen molar-refractivity contribution in [1.29, 1.82) is 0 Å². The van der Waals surface area contributed by atoms with Gasteiger partial charge in [0.2, 0.25) is 10.4 Å². The Morgan fingerprint density at radius 2 is 0.545 bits per heavy atom. The molecule has 0 unspecified atom stereocenters. The minimum Gasteiger partial charge on any atom is -0.726 e. The zero-order chi connectivity index (χ0) is 33.0. The monoisotopic (exact) mass is 648 g/mol. The molecule has 0 fully saturated rings. The van der Waals surface area contributed by atoms with E-state index < -0.39 is 10.4 Å². The summed E-state index contributed by atoms with van der Waals surface area (Å²) in [7, 11) is -4.92. The topological polar surface area (TPSA) is 77.4 Å². The molecule has 0 aromatic rings. The third-order valence-corrected chi connectivity index (χ3v) is 9.63. The maximum atomic E-state index is 8.63. The molecule has 268 valence electrons. The quantitative estimate of drug-likeness (QED) is 0.0326. The predicted molar refractivity (Wildman–Crippen MR) is 193 cm³/mol. The second kappa shape index (κ2) is 35.7. The van der Waals surface area contributed by atoms with Crippen molar-refractivity contribution in [1.82, 2.24) is 0 Å². The van der Waals surface area contributed by atoms with Gasteiger partial charge in [0.25, 0.3) is 0 Å². The molecule has 0 aliphatic heterocycles. The molecule has 0 spiro atoms. The number of unbranched alkanes of at least 4 members (excludes halogenated alkanes) is 27. The maximum absolute atomic E-state index is 8.63. The Balaban J connectivity index is 0. The molecule has 0 bridgehead atoms. The van der Waals surface area contributed by atoms with Gasteiger partial charge in [0, 0.05) is 0 Å². The van der Waals surface area contributed by atoms with E-state index in [1.165, 1.54) is 223 Å². The average Bonchev–Trinajstić information content (AvgIpc) is 2.98. The molecule has 0 aromatic heterocycles. The molecule has 0 aromatic carbocycles. The van der Waals surface area contributed by atoms with Crippen LogP contribution in [-0.4, -0.2) is 48.2 Å². The van der Waals surface area contributed by atoms with Gasteiger partial charge >= 0.3 is 0 Å². The Hall–Kier alpha value is -0.170. The maximum Gasteiger partial charge on any atom is 0.215 e. The lowest BCUT2D eigenvalue weighted by molar-refractivity contribution is -0.927. The number of rotatable bonds is 34. The lowest BCUT2D eigenvalue weighted by Crippen LogP contribution is -2.50. The molecule has 6 heteroatoms. The van der Waals surface area contributed by atoms with Gasteiger partial charge in [-0.3, -0.25) is 4.55 Å². The van der Waals surface area contributed by atoms with Crippen molar-refractivity contribution in [3.8, 4) is 0 Å². The highest BCUT2D eigenvalue weighted by atomic mass is 32.3. The standard InChI is InChI=1S/C38H80N.H2O4S/c1-5-9-12-15-18-21-24-27-30-33-36-39(8-4,37-34-31-28-25-22-19-16-13-10-6-2)38-35-32-29-26-23-20-17-14-11-7-3;1-5(2,3)4/h5-38H2,1-4H3;(H2,1,2,3,4)/q+1;/p-1. The number of hydrogen-bond acceptors (Lipinski definition) is 3. The van der Waals surface area contributed by atoms with Gasteiger partial charge in [-0.15, -0.1) is 0 Å². The van der Waals surface area contributed by atoms with E-state index in [4.69, 9.17) is 17.5 Å². The normalized spacial score (nSPS) is 12.0. The van der Waals surface area contributed by atoms with Crippen molar-refractivity contribution >= 4 is 10.4 Å². The van der Waals surface area contributed by atoms with Crippen molar-refractivity contribution in [3.05, 3.63) is 0 Å². The van der Waals surface area contributed by atoms with Crippen LogP contribution in [0, 0.1) is 0 Å². The SMILES string of the molecule is CCCCCCCCCCCC[N+](CC)(CCCCCCCCCCCC)CCCCCCCCCCCC.O=S(=O)([O-])O. The van der Waals surface area contributed by atoms with Crippen LogP contribution >= 0.6 is 0 Å². The Morgan fingerprint density at radius 3 is 0.705 bits per heavy atom. The third kappa shape index (κ3) is 39.9. The summed E-state index contributed by atoms with van der Waals surface area (Å²) in [6.45, 7) is 15.2. The van der Waals surface area contributed by atoms with E-state index in [2.05, 4.69) is 27.7 Å². The van der Waals surface area contributed by atoms with Crippen LogP contribution < -0.4 is 0 Å². The fraction of sp³-hybridized carbons (Fsp3) is 1.00. The lowest BCUT2D eigenvalue weighted by Gasteiger charge is -2.38. The van der Waals surface area contributed by atoms with Gasteiger partial charge in [0.15, 0.2) is 0 Å². The Morgan fingerprint density at radius 1 is 0.386 bits per heavy atom. The molecule has 0 aliphatic rings. The number of quaternary nitrogens is 1. The van der Waals surface area contributed by atoms with E-state index in [9.17, 15) is 0 Å². The van der Waals surface area contributed by atoms with Crippen LogP contribution in [0.15, 0.2) is 0 Å². The van der Waals surface area contributed by atoms with E-state index in [0.29, 0.717) is 0 Å². The van der Waals surface area contributed by atoms with Gasteiger partial charge in [0.1, 0.15) is 0 Å². The molecule has 0 rings (SSSR count). The van der Waals surface area contributed by atoms with Gasteiger partial charge in [-0.2, -0.15) is 0 Å². The number of hydrogen-bond donors (Lipinski definition) is 1. The first-order chi connectivity index (χ1) is 21.2. The smallest absolute Gasteiger partial charge is 0.215 e. The molecule has 0 amide bonds. The third-order valence-electron chi connectivity index (χ3n) is 9.63. The molecular formula is C38H81NO4S. The molecule has 0 aliphatic carbocycles. The van der Waals surface area contributed by atoms with Crippen molar-refractivity contribution in [2.75, 3.05) is 26.2 Å². The van der Waals surface area contributed by atoms with Crippen LogP contribution in [0.5, 0.6) is 0 Å². The summed E-state index contributed by atoms with van der Waals surface area (Å²) in [4.78, 5) is 0. The lowest BCUT2D eigenvalue weighted by atomic mass is 10.0. The fourth-order valence-electron chi connectivity index (χ4n) is 6.61. The van der Waals surface area contributed by atoms with Crippen molar-refractivity contribution in [2.24, 2.45) is 0 Å². The Labute approximate surface area is 278 Å². The summed E-state index contributed by atoms with van der Waals surface area (Å²) in [6.07, 6.45) is 43.8. The largest absolute Gasteiger partial charge is 0.726 e. The molecule has 0 saturated heterocycles. The highest BCUT2D eigenvalue weighted by Gasteiger charge is 2.23. The highest BCUT2D eigenvalue weighted by Crippen LogP contribution is 2.19. The summed E-state index contributed by atoms with van der Waals surface area (Å²) >= 11 is 0. The van der Waals surface area contributed by atoms with E-state index in [1.807, 2.05) is 0 Å². The van der Waals surface area contributed by atoms with Gasteiger partial charge in [-0.05, 0) is 45.4 Å². The summed E-state index contributed by atoms with van der Waals surface area (Å²) in [5.74, 6) is 0. The zero-order valence-electron chi connectivity index (χ0n) is 30.6. The first kappa shape index (κ1) is 46.0. The van der Waals surface area contributed by atoms with Crippen LogP contribution in [-0.2, 0) is 10.4 Å². The molecule has 1 N–H and O–H groups in total. The molecule has 0 atom stereocenters. The van der Waals surface area contributed by atoms with Crippen molar-refractivity contribution in [2.45, 2.75) is 220 Å². The van der Waals surface area contributed by atoms with Gasteiger partial charge in [-0.1, -0.05) is 175 Å². The van der Waals surface area contributed by atoms with Crippen LogP contribution in [0.1, 0.15) is 220 Å². The van der Waals surface area contributed by atoms with E-state index in [1.54, 1.807) is 0 Å². The predicted octanol–water partition coefficient (Wildman–Crippen LogP) is 12.6. The van der Waals surface area contributed by atoms with Gasteiger partial charge in [-0.25, -0.2) is 8.42 Å².